The largest absolute Gasteiger partial charge is 0.394 e. The first-order chi connectivity index (χ1) is 7.15. The molecular formula is C9H16IN5. The Morgan fingerprint density at radius 3 is 2.67 bits per heavy atom. The number of nitrogens with zero attached hydrogens (tertiary/aromatic N) is 2. The van der Waals surface area contributed by atoms with E-state index in [1.54, 1.807) is 19.5 Å². The van der Waals surface area contributed by atoms with Crippen LogP contribution >= 0.6 is 22.6 Å². The van der Waals surface area contributed by atoms with Crippen molar-refractivity contribution in [2.45, 2.75) is 13.3 Å². The zero-order chi connectivity index (χ0) is 11.7. The molecule has 5 nitrogen and oxygen atoms in total. The van der Waals surface area contributed by atoms with Crippen LogP contribution in [0.1, 0.15) is 13.3 Å². The van der Waals surface area contributed by atoms with E-state index >= 15 is 0 Å². The number of rotatable bonds is 6. The predicted molar refractivity (Wildman–Crippen MR) is 74.2 cm³/mol. The van der Waals surface area contributed by atoms with E-state index in [0.717, 1.165) is 17.7 Å². The average molecular weight is 321 g/mol. The zero-order valence-corrected chi connectivity index (χ0v) is 11.1. The summed E-state index contributed by atoms with van der Waals surface area (Å²) in [5.74, 6) is 5.14. The molecule has 4 N–H and O–H groups in total. The molecule has 0 aliphatic heterocycles. The van der Waals surface area contributed by atoms with Crippen molar-refractivity contribution in [3.63, 3.8) is 0 Å². The molecule has 0 radical (unpaired) electrons. The molecular weight excluding hydrogens is 305 g/mol. The number of nitrogens with two attached hydrogens (primary N) is 1. The number of hydrogen-bond acceptors (Lipinski definition) is 5. The van der Waals surface area contributed by atoms with E-state index in [0.29, 0.717) is 10.3 Å². The summed E-state index contributed by atoms with van der Waals surface area (Å²) in [5.41, 5.74) is 1.58. The van der Waals surface area contributed by atoms with Crippen molar-refractivity contribution >= 4 is 38.2 Å². The van der Waals surface area contributed by atoms with Crippen LogP contribution < -0.4 is 11.2 Å². The van der Waals surface area contributed by atoms with Crippen LogP contribution in [0.5, 0.6) is 0 Å². The highest BCUT2D eigenvalue weighted by Crippen LogP contribution is 2.02. The van der Waals surface area contributed by atoms with Gasteiger partial charge in [0.1, 0.15) is 0 Å². The van der Waals surface area contributed by atoms with Crippen LogP contribution in [0, 0.1) is 5.41 Å². The minimum absolute atomic E-state index is 0.460. The SMILES string of the molecule is CCC(C=NC/C(=C/NC)C(=N)I)=NN. The highest BCUT2D eigenvalue weighted by molar-refractivity contribution is 14.1. The molecule has 0 saturated heterocycles. The highest BCUT2D eigenvalue weighted by Gasteiger charge is 1.99. The second-order valence-corrected chi connectivity index (χ2v) is 3.79. The molecule has 0 amide bonds. The lowest BCUT2D eigenvalue weighted by molar-refractivity contribution is 1.06. The van der Waals surface area contributed by atoms with E-state index in [2.05, 4.69) is 15.4 Å². The van der Waals surface area contributed by atoms with Gasteiger partial charge in [-0.05, 0) is 29.0 Å². The predicted octanol–water partition coefficient (Wildman–Crippen LogP) is 1.30. The number of nitrogens with one attached hydrogen (secondary N) is 2. The molecule has 0 atom stereocenters. The number of aliphatic imine (C=N–C) groups is 1. The third-order valence-corrected chi connectivity index (χ3v) is 2.32. The molecule has 0 rings (SSSR count). The minimum atomic E-state index is 0.460. The summed E-state index contributed by atoms with van der Waals surface area (Å²) in [7, 11) is 1.79. The number of halogens is 1. The van der Waals surface area contributed by atoms with E-state index in [4.69, 9.17) is 11.3 Å². The Kier molecular flexibility index (Phi) is 7.88. The maximum atomic E-state index is 7.48. The molecule has 0 aliphatic carbocycles. The Morgan fingerprint density at radius 2 is 2.27 bits per heavy atom. The third kappa shape index (κ3) is 6.21. The molecule has 0 bridgehead atoms. The van der Waals surface area contributed by atoms with Crippen LogP contribution in [0.2, 0.25) is 0 Å². The first-order valence-electron chi connectivity index (χ1n) is 4.53. The summed E-state index contributed by atoms with van der Waals surface area (Å²) in [5, 5.41) is 13.9. The summed E-state index contributed by atoms with van der Waals surface area (Å²) >= 11 is 1.95. The van der Waals surface area contributed by atoms with Crippen molar-refractivity contribution in [2.75, 3.05) is 13.6 Å². The van der Waals surface area contributed by atoms with Gasteiger partial charge < -0.3 is 11.2 Å². The Balaban J connectivity index is 4.34. The van der Waals surface area contributed by atoms with E-state index in [1.807, 2.05) is 29.5 Å². The second-order valence-electron chi connectivity index (χ2n) is 2.72. The van der Waals surface area contributed by atoms with Crippen LogP contribution in [0.25, 0.3) is 0 Å². The molecule has 0 aliphatic rings. The fourth-order valence-corrected chi connectivity index (χ4v) is 1.14. The Bertz CT molecular complexity index is 293. The number of hydrazone groups is 1. The van der Waals surface area contributed by atoms with E-state index in [-0.39, 0.29) is 0 Å². The lowest BCUT2D eigenvalue weighted by Gasteiger charge is -2.00. The fraction of sp³-hybridized carbons (Fsp3) is 0.444. The molecule has 0 spiro atoms. The monoisotopic (exact) mass is 321 g/mol. The molecule has 0 fully saturated rings. The number of hydrogen-bond donors (Lipinski definition) is 3. The Hall–Kier alpha value is -0.920. The van der Waals surface area contributed by atoms with Gasteiger partial charge in [-0.1, -0.05) is 6.92 Å². The van der Waals surface area contributed by atoms with Gasteiger partial charge in [0.05, 0.1) is 16.0 Å². The molecule has 6 heteroatoms. The van der Waals surface area contributed by atoms with Crippen LogP contribution in [0.3, 0.4) is 0 Å². The van der Waals surface area contributed by atoms with Crippen LogP contribution in [0.4, 0.5) is 0 Å². The Labute approximate surface area is 104 Å². The van der Waals surface area contributed by atoms with E-state index in [1.165, 1.54) is 0 Å². The van der Waals surface area contributed by atoms with Crippen molar-refractivity contribution < 1.29 is 0 Å². The molecule has 0 aromatic heterocycles. The van der Waals surface area contributed by atoms with Gasteiger partial charge in [0.15, 0.2) is 0 Å². The molecule has 84 valence electrons. The summed E-state index contributed by atoms with van der Waals surface area (Å²) in [6, 6.07) is 0. The lowest BCUT2D eigenvalue weighted by Crippen LogP contribution is -2.06. The summed E-state index contributed by atoms with van der Waals surface area (Å²) in [6.45, 7) is 2.42. The summed E-state index contributed by atoms with van der Waals surface area (Å²) in [6.07, 6.45) is 4.16. The molecule has 0 heterocycles. The van der Waals surface area contributed by atoms with Gasteiger partial charge in [-0.2, -0.15) is 5.10 Å². The van der Waals surface area contributed by atoms with Crippen LogP contribution in [0.15, 0.2) is 21.9 Å². The normalized spacial score (nSPS) is 13.3. The lowest BCUT2D eigenvalue weighted by atomic mass is 10.3. The van der Waals surface area contributed by atoms with Gasteiger partial charge in [-0.15, -0.1) is 0 Å². The van der Waals surface area contributed by atoms with Crippen molar-refractivity contribution in [1.29, 1.82) is 5.41 Å². The first-order valence-corrected chi connectivity index (χ1v) is 5.60. The van der Waals surface area contributed by atoms with Crippen molar-refractivity contribution in [3.05, 3.63) is 11.8 Å². The van der Waals surface area contributed by atoms with Gasteiger partial charge in [-0.25, -0.2) is 0 Å². The molecule has 0 unspecified atom stereocenters. The average Bonchev–Trinajstić information content (AvgIpc) is 2.22. The van der Waals surface area contributed by atoms with Gasteiger partial charge >= 0.3 is 0 Å². The molecule has 0 aromatic rings. The quantitative estimate of drug-likeness (QED) is 0.298. The fourth-order valence-electron chi connectivity index (χ4n) is 0.818. The topological polar surface area (TPSA) is 86.6 Å². The van der Waals surface area contributed by atoms with Gasteiger partial charge in [0, 0.05) is 25.0 Å². The molecule has 0 saturated carbocycles. The standard InChI is InChI=1S/C9H16IN5/c1-3-8(15-12)6-14-5-7(4-13-2)9(10)11/h4,6,11,13H,3,5,12H2,1-2H3/b7-4-,11-9?,14-6?,15-8?. The third-order valence-electron chi connectivity index (χ3n) is 1.63. The van der Waals surface area contributed by atoms with E-state index in [9.17, 15) is 0 Å². The minimum Gasteiger partial charge on any atom is -0.394 e. The Morgan fingerprint density at radius 1 is 1.60 bits per heavy atom. The van der Waals surface area contributed by atoms with Gasteiger partial charge in [0.25, 0.3) is 0 Å². The first kappa shape index (κ1) is 14.1. The van der Waals surface area contributed by atoms with Crippen molar-refractivity contribution in [3.8, 4) is 0 Å². The summed E-state index contributed by atoms with van der Waals surface area (Å²) in [4.78, 5) is 4.16. The molecule has 0 aromatic carbocycles. The van der Waals surface area contributed by atoms with Crippen LogP contribution in [-0.2, 0) is 0 Å². The smallest absolute Gasteiger partial charge is 0.0985 e. The van der Waals surface area contributed by atoms with Gasteiger partial charge in [-0.3, -0.25) is 10.4 Å². The van der Waals surface area contributed by atoms with Gasteiger partial charge in [0.2, 0.25) is 0 Å². The zero-order valence-electron chi connectivity index (χ0n) is 8.92. The van der Waals surface area contributed by atoms with Crippen molar-refractivity contribution in [2.24, 2.45) is 15.9 Å². The maximum absolute atomic E-state index is 7.48. The van der Waals surface area contributed by atoms with E-state index < -0.39 is 0 Å². The maximum Gasteiger partial charge on any atom is 0.0985 e. The summed E-state index contributed by atoms with van der Waals surface area (Å²) < 4.78 is 0.474. The van der Waals surface area contributed by atoms with Crippen LogP contribution in [-0.4, -0.2) is 29.2 Å². The molecule has 15 heavy (non-hydrogen) atoms. The highest BCUT2D eigenvalue weighted by atomic mass is 127. The second kappa shape index (κ2) is 8.39. The van der Waals surface area contributed by atoms with Crippen molar-refractivity contribution in [1.82, 2.24) is 5.32 Å².